The summed E-state index contributed by atoms with van der Waals surface area (Å²) in [6.07, 6.45) is 6.46. The first-order valence-corrected chi connectivity index (χ1v) is 5.83. The molecular weight excluding hydrogens is 176 g/mol. The molecule has 0 atom stereocenters. The zero-order chi connectivity index (χ0) is 10.2. The van der Waals surface area contributed by atoms with Crippen LogP contribution in [0.3, 0.4) is 0 Å². The maximum Gasteiger partial charge on any atom is 0.220 e. The standard InChI is InChI=1S/C11H22N2O/c1-2-3-8-12-9-4-5-11(14)13-10-6-7-10/h10,12H,2-9H2,1H3,(H,13,14). The molecule has 0 aromatic heterocycles. The molecule has 3 nitrogen and oxygen atoms in total. The summed E-state index contributed by atoms with van der Waals surface area (Å²) in [6, 6.07) is 0.510. The Bertz CT molecular complexity index is 167. The number of carbonyl (C=O) groups excluding carboxylic acids is 1. The van der Waals surface area contributed by atoms with Crippen molar-refractivity contribution in [2.75, 3.05) is 13.1 Å². The molecule has 0 spiro atoms. The van der Waals surface area contributed by atoms with Crippen LogP contribution in [0.15, 0.2) is 0 Å². The molecule has 0 aromatic carbocycles. The first-order chi connectivity index (χ1) is 6.83. The minimum atomic E-state index is 0.227. The molecule has 1 amide bonds. The summed E-state index contributed by atoms with van der Waals surface area (Å²) in [5.74, 6) is 0.227. The van der Waals surface area contributed by atoms with Crippen LogP contribution in [0.2, 0.25) is 0 Å². The first kappa shape index (κ1) is 11.5. The summed E-state index contributed by atoms with van der Waals surface area (Å²) >= 11 is 0. The lowest BCUT2D eigenvalue weighted by atomic mass is 10.3. The van der Waals surface area contributed by atoms with Crippen molar-refractivity contribution in [3.8, 4) is 0 Å². The zero-order valence-corrected chi connectivity index (χ0v) is 9.14. The summed E-state index contributed by atoms with van der Waals surface area (Å²) in [4.78, 5) is 11.2. The van der Waals surface area contributed by atoms with E-state index in [0.717, 1.165) is 19.5 Å². The predicted molar refractivity (Wildman–Crippen MR) is 58.2 cm³/mol. The van der Waals surface area contributed by atoms with Crippen molar-refractivity contribution in [2.45, 2.75) is 51.5 Å². The lowest BCUT2D eigenvalue weighted by Crippen LogP contribution is -2.26. The van der Waals surface area contributed by atoms with E-state index in [4.69, 9.17) is 0 Å². The van der Waals surface area contributed by atoms with Gasteiger partial charge >= 0.3 is 0 Å². The van der Waals surface area contributed by atoms with E-state index in [0.29, 0.717) is 12.5 Å². The molecule has 0 aliphatic heterocycles. The molecule has 0 radical (unpaired) electrons. The topological polar surface area (TPSA) is 41.1 Å². The van der Waals surface area contributed by atoms with Crippen molar-refractivity contribution in [1.29, 1.82) is 0 Å². The molecule has 82 valence electrons. The normalized spacial score (nSPS) is 15.5. The molecule has 0 aromatic rings. The molecular formula is C11H22N2O. The number of unbranched alkanes of at least 4 members (excludes halogenated alkanes) is 1. The van der Waals surface area contributed by atoms with Crippen LogP contribution < -0.4 is 10.6 Å². The molecule has 1 saturated carbocycles. The van der Waals surface area contributed by atoms with Crippen LogP contribution in [0.25, 0.3) is 0 Å². The molecule has 1 aliphatic rings. The lowest BCUT2D eigenvalue weighted by molar-refractivity contribution is -0.121. The van der Waals surface area contributed by atoms with Gasteiger partial charge in [0.15, 0.2) is 0 Å². The Morgan fingerprint density at radius 3 is 2.64 bits per heavy atom. The Labute approximate surface area is 86.6 Å². The Morgan fingerprint density at radius 1 is 1.29 bits per heavy atom. The van der Waals surface area contributed by atoms with Gasteiger partial charge in [-0.1, -0.05) is 13.3 Å². The Kier molecular flexibility index (Phi) is 5.60. The highest BCUT2D eigenvalue weighted by atomic mass is 16.1. The summed E-state index contributed by atoms with van der Waals surface area (Å²) in [7, 11) is 0. The van der Waals surface area contributed by atoms with Gasteiger partial charge in [-0.2, -0.15) is 0 Å². The largest absolute Gasteiger partial charge is 0.353 e. The number of nitrogens with one attached hydrogen (secondary N) is 2. The van der Waals surface area contributed by atoms with E-state index in [1.807, 2.05) is 0 Å². The maximum absolute atomic E-state index is 11.2. The zero-order valence-electron chi connectivity index (χ0n) is 9.14. The van der Waals surface area contributed by atoms with Crippen molar-refractivity contribution >= 4 is 5.91 Å². The van der Waals surface area contributed by atoms with E-state index in [1.54, 1.807) is 0 Å². The van der Waals surface area contributed by atoms with Gasteiger partial charge in [-0.3, -0.25) is 4.79 Å². The highest BCUT2D eigenvalue weighted by molar-refractivity contribution is 5.76. The molecule has 0 bridgehead atoms. The van der Waals surface area contributed by atoms with Gasteiger partial charge < -0.3 is 10.6 Å². The van der Waals surface area contributed by atoms with E-state index in [2.05, 4.69) is 17.6 Å². The third-order valence-electron chi connectivity index (χ3n) is 2.41. The van der Waals surface area contributed by atoms with Crippen LogP contribution in [-0.2, 0) is 4.79 Å². The molecule has 3 heteroatoms. The van der Waals surface area contributed by atoms with E-state index in [1.165, 1.54) is 25.7 Å². The molecule has 1 fully saturated rings. The van der Waals surface area contributed by atoms with Crippen molar-refractivity contribution in [3.05, 3.63) is 0 Å². The third kappa shape index (κ3) is 5.97. The van der Waals surface area contributed by atoms with E-state index >= 15 is 0 Å². The van der Waals surface area contributed by atoms with Gasteiger partial charge in [0.1, 0.15) is 0 Å². The fraction of sp³-hybridized carbons (Fsp3) is 0.909. The average molecular weight is 198 g/mol. The molecule has 0 saturated heterocycles. The highest BCUT2D eigenvalue weighted by Gasteiger charge is 2.22. The van der Waals surface area contributed by atoms with Crippen LogP contribution in [0.4, 0.5) is 0 Å². The lowest BCUT2D eigenvalue weighted by Gasteiger charge is -2.04. The van der Waals surface area contributed by atoms with Crippen LogP contribution >= 0.6 is 0 Å². The van der Waals surface area contributed by atoms with Gasteiger partial charge in [-0.05, 0) is 38.8 Å². The minimum Gasteiger partial charge on any atom is -0.353 e. The third-order valence-corrected chi connectivity index (χ3v) is 2.41. The number of carbonyl (C=O) groups is 1. The van der Waals surface area contributed by atoms with Crippen molar-refractivity contribution in [3.63, 3.8) is 0 Å². The van der Waals surface area contributed by atoms with Gasteiger partial charge in [0.05, 0.1) is 0 Å². The number of rotatable bonds is 8. The number of amides is 1. The second-order valence-electron chi connectivity index (χ2n) is 4.05. The first-order valence-electron chi connectivity index (χ1n) is 5.83. The molecule has 0 unspecified atom stereocenters. The van der Waals surface area contributed by atoms with Gasteiger partial charge in [0.25, 0.3) is 0 Å². The monoisotopic (exact) mass is 198 g/mol. The summed E-state index contributed by atoms with van der Waals surface area (Å²) in [6.45, 7) is 4.24. The fourth-order valence-corrected chi connectivity index (χ4v) is 1.33. The van der Waals surface area contributed by atoms with Gasteiger partial charge in [0, 0.05) is 12.5 Å². The van der Waals surface area contributed by atoms with Crippen LogP contribution in [0, 0.1) is 0 Å². The summed E-state index contributed by atoms with van der Waals surface area (Å²) < 4.78 is 0. The maximum atomic E-state index is 11.2. The second-order valence-corrected chi connectivity index (χ2v) is 4.05. The number of hydrogen-bond acceptors (Lipinski definition) is 2. The molecule has 1 rings (SSSR count). The van der Waals surface area contributed by atoms with Gasteiger partial charge in [-0.25, -0.2) is 0 Å². The SMILES string of the molecule is CCCCNCCCC(=O)NC1CC1. The smallest absolute Gasteiger partial charge is 0.220 e. The Hall–Kier alpha value is -0.570. The quantitative estimate of drug-likeness (QED) is 0.579. The van der Waals surface area contributed by atoms with Gasteiger partial charge in [-0.15, -0.1) is 0 Å². The Balaban J connectivity index is 1.80. The number of hydrogen-bond donors (Lipinski definition) is 2. The highest BCUT2D eigenvalue weighted by Crippen LogP contribution is 2.18. The molecule has 14 heavy (non-hydrogen) atoms. The molecule has 1 aliphatic carbocycles. The molecule has 2 N–H and O–H groups in total. The van der Waals surface area contributed by atoms with Gasteiger partial charge in [0.2, 0.25) is 5.91 Å². The van der Waals surface area contributed by atoms with Crippen molar-refractivity contribution in [1.82, 2.24) is 10.6 Å². The van der Waals surface area contributed by atoms with Crippen LogP contribution in [0.1, 0.15) is 45.4 Å². The van der Waals surface area contributed by atoms with Crippen LogP contribution in [0.5, 0.6) is 0 Å². The molecule has 0 heterocycles. The van der Waals surface area contributed by atoms with Crippen molar-refractivity contribution in [2.24, 2.45) is 0 Å². The van der Waals surface area contributed by atoms with E-state index in [-0.39, 0.29) is 5.91 Å². The minimum absolute atomic E-state index is 0.227. The predicted octanol–water partition coefficient (Wildman–Crippen LogP) is 1.43. The average Bonchev–Trinajstić information content (AvgIpc) is 2.95. The summed E-state index contributed by atoms with van der Waals surface area (Å²) in [5.41, 5.74) is 0. The Morgan fingerprint density at radius 2 is 2.00 bits per heavy atom. The van der Waals surface area contributed by atoms with E-state index < -0.39 is 0 Å². The second kappa shape index (κ2) is 6.82. The summed E-state index contributed by atoms with van der Waals surface area (Å²) in [5, 5.41) is 6.32. The van der Waals surface area contributed by atoms with Crippen LogP contribution in [-0.4, -0.2) is 25.0 Å². The fourth-order valence-electron chi connectivity index (χ4n) is 1.33. The van der Waals surface area contributed by atoms with E-state index in [9.17, 15) is 4.79 Å². The van der Waals surface area contributed by atoms with Crippen molar-refractivity contribution < 1.29 is 4.79 Å².